The lowest BCUT2D eigenvalue weighted by atomic mass is 9.74. The van der Waals surface area contributed by atoms with E-state index in [4.69, 9.17) is 5.73 Å². The van der Waals surface area contributed by atoms with Crippen molar-refractivity contribution in [3.63, 3.8) is 0 Å². The summed E-state index contributed by atoms with van der Waals surface area (Å²) in [7, 11) is 0. The number of hydrogen-bond donors (Lipinski definition) is 1. The molecule has 0 bridgehead atoms. The molecule has 0 aliphatic heterocycles. The number of nitrogens with two attached hydrogens (primary N) is 1. The fourth-order valence-corrected chi connectivity index (χ4v) is 2.75. The first kappa shape index (κ1) is 9.72. The first-order chi connectivity index (χ1) is 6.86. The van der Waals surface area contributed by atoms with Gasteiger partial charge in [-0.25, -0.2) is 0 Å². The van der Waals surface area contributed by atoms with Crippen LogP contribution < -0.4 is 5.73 Å². The van der Waals surface area contributed by atoms with Crippen LogP contribution in [0.1, 0.15) is 36.8 Å². The third kappa shape index (κ3) is 1.57. The zero-order chi connectivity index (χ0) is 9.97. The van der Waals surface area contributed by atoms with Gasteiger partial charge in [0.15, 0.2) is 0 Å². The number of hydrogen-bond acceptors (Lipinski definition) is 1. The van der Waals surface area contributed by atoms with Crippen LogP contribution in [-0.2, 0) is 6.42 Å². The minimum Gasteiger partial charge on any atom is -0.330 e. The van der Waals surface area contributed by atoms with Crippen LogP contribution in [0.2, 0.25) is 0 Å². The van der Waals surface area contributed by atoms with Crippen molar-refractivity contribution < 1.29 is 0 Å². The third-order valence-corrected chi connectivity index (χ3v) is 3.55. The summed E-state index contributed by atoms with van der Waals surface area (Å²) in [4.78, 5) is 0. The second-order valence-electron chi connectivity index (χ2n) is 4.25. The molecule has 1 nitrogen and oxygen atoms in total. The molecule has 2 rings (SSSR count). The van der Waals surface area contributed by atoms with Gasteiger partial charge in [-0.1, -0.05) is 31.2 Å². The Morgan fingerprint density at radius 2 is 2.14 bits per heavy atom. The molecule has 14 heavy (non-hydrogen) atoms. The first-order valence-corrected chi connectivity index (χ1v) is 5.64. The van der Waals surface area contributed by atoms with Gasteiger partial charge in [0.2, 0.25) is 0 Å². The highest BCUT2D eigenvalue weighted by atomic mass is 14.6. The molecular weight excluding hydrogens is 170 g/mol. The van der Waals surface area contributed by atoms with Gasteiger partial charge in [-0.15, -0.1) is 0 Å². The van der Waals surface area contributed by atoms with E-state index >= 15 is 0 Å². The van der Waals surface area contributed by atoms with Crippen LogP contribution in [-0.4, -0.2) is 6.54 Å². The quantitative estimate of drug-likeness (QED) is 0.760. The molecule has 0 spiro atoms. The van der Waals surface area contributed by atoms with Gasteiger partial charge in [0, 0.05) is 0 Å². The molecule has 2 N–H and O–H groups in total. The summed E-state index contributed by atoms with van der Waals surface area (Å²) < 4.78 is 0. The third-order valence-electron chi connectivity index (χ3n) is 3.55. The van der Waals surface area contributed by atoms with Gasteiger partial charge in [0.25, 0.3) is 0 Å². The van der Waals surface area contributed by atoms with Crippen LogP contribution >= 0.6 is 0 Å². The SMILES string of the molecule is CCC1c2ccccc2CCC1CN. The average Bonchev–Trinajstić information content (AvgIpc) is 2.27. The van der Waals surface area contributed by atoms with Crippen LogP contribution in [0.4, 0.5) is 0 Å². The number of fused-ring (bicyclic) bond motifs is 1. The van der Waals surface area contributed by atoms with Crippen molar-refractivity contribution >= 4 is 0 Å². The Hall–Kier alpha value is -0.820. The van der Waals surface area contributed by atoms with Gasteiger partial charge in [0.05, 0.1) is 0 Å². The van der Waals surface area contributed by atoms with Crippen molar-refractivity contribution in [3.8, 4) is 0 Å². The number of aryl methyl sites for hydroxylation is 1. The van der Waals surface area contributed by atoms with Crippen molar-refractivity contribution in [2.24, 2.45) is 11.7 Å². The second-order valence-corrected chi connectivity index (χ2v) is 4.25. The van der Waals surface area contributed by atoms with Crippen LogP contribution in [0.15, 0.2) is 24.3 Å². The average molecular weight is 189 g/mol. The minimum absolute atomic E-state index is 0.699. The predicted molar refractivity (Wildman–Crippen MR) is 60.3 cm³/mol. The molecule has 1 aromatic rings. The van der Waals surface area contributed by atoms with E-state index in [1.807, 2.05) is 0 Å². The van der Waals surface area contributed by atoms with E-state index in [0.29, 0.717) is 11.8 Å². The van der Waals surface area contributed by atoms with Crippen molar-refractivity contribution in [2.45, 2.75) is 32.1 Å². The Bertz CT molecular complexity index is 306. The monoisotopic (exact) mass is 189 g/mol. The lowest BCUT2D eigenvalue weighted by Gasteiger charge is -2.32. The molecule has 0 aromatic heterocycles. The van der Waals surface area contributed by atoms with Crippen molar-refractivity contribution in [1.29, 1.82) is 0 Å². The maximum atomic E-state index is 5.83. The van der Waals surface area contributed by atoms with Crippen LogP contribution in [0.5, 0.6) is 0 Å². The summed E-state index contributed by atoms with van der Waals surface area (Å²) >= 11 is 0. The van der Waals surface area contributed by atoms with E-state index in [9.17, 15) is 0 Å². The van der Waals surface area contributed by atoms with E-state index in [1.165, 1.54) is 19.3 Å². The molecule has 0 saturated heterocycles. The maximum absolute atomic E-state index is 5.83. The van der Waals surface area contributed by atoms with Crippen molar-refractivity contribution in [3.05, 3.63) is 35.4 Å². The summed E-state index contributed by atoms with van der Waals surface area (Å²) in [6, 6.07) is 8.85. The van der Waals surface area contributed by atoms with Gasteiger partial charge < -0.3 is 5.73 Å². The molecular formula is C13H19N. The highest BCUT2D eigenvalue weighted by Gasteiger charge is 2.26. The van der Waals surface area contributed by atoms with Gasteiger partial charge in [0.1, 0.15) is 0 Å². The summed E-state index contributed by atoms with van der Waals surface area (Å²) in [5, 5.41) is 0. The predicted octanol–water partition coefficient (Wildman–Crippen LogP) is 2.70. The van der Waals surface area contributed by atoms with Gasteiger partial charge in [-0.05, 0) is 48.8 Å². The second kappa shape index (κ2) is 4.14. The molecule has 1 aliphatic rings. The van der Waals surface area contributed by atoms with Gasteiger partial charge >= 0.3 is 0 Å². The molecule has 0 saturated carbocycles. The van der Waals surface area contributed by atoms with Gasteiger partial charge in [-0.3, -0.25) is 0 Å². The van der Waals surface area contributed by atoms with E-state index in [2.05, 4.69) is 31.2 Å². The highest BCUT2D eigenvalue weighted by molar-refractivity contribution is 5.33. The zero-order valence-electron chi connectivity index (χ0n) is 8.87. The number of benzene rings is 1. The van der Waals surface area contributed by atoms with Crippen LogP contribution in [0, 0.1) is 5.92 Å². The summed E-state index contributed by atoms with van der Waals surface area (Å²) in [5.74, 6) is 1.40. The smallest absolute Gasteiger partial charge is 0.00429 e. The van der Waals surface area contributed by atoms with E-state index in [1.54, 1.807) is 11.1 Å². The fraction of sp³-hybridized carbons (Fsp3) is 0.538. The van der Waals surface area contributed by atoms with Gasteiger partial charge in [-0.2, -0.15) is 0 Å². The van der Waals surface area contributed by atoms with E-state index in [0.717, 1.165) is 6.54 Å². The van der Waals surface area contributed by atoms with Crippen molar-refractivity contribution in [2.75, 3.05) is 6.54 Å². The maximum Gasteiger partial charge on any atom is -0.00429 e. The molecule has 0 heterocycles. The van der Waals surface area contributed by atoms with E-state index in [-0.39, 0.29) is 0 Å². The zero-order valence-corrected chi connectivity index (χ0v) is 8.87. The Labute approximate surface area is 86.3 Å². The number of rotatable bonds is 2. The summed E-state index contributed by atoms with van der Waals surface area (Å²) in [5.41, 5.74) is 8.92. The topological polar surface area (TPSA) is 26.0 Å². The molecule has 0 fully saturated rings. The molecule has 76 valence electrons. The Kier molecular flexibility index (Phi) is 2.87. The summed E-state index contributed by atoms with van der Waals surface area (Å²) in [6.45, 7) is 3.11. The largest absolute Gasteiger partial charge is 0.330 e. The lowest BCUT2D eigenvalue weighted by Crippen LogP contribution is -2.26. The Morgan fingerprint density at radius 1 is 1.36 bits per heavy atom. The van der Waals surface area contributed by atoms with E-state index < -0.39 is 0 Å². The molecule has 2 unspecified atom stereocenters. The molecule has 1 aromatic carbocycles. The van der Waals surface area contributed by atoms with Crippen LogP contribution in [0.25, 0.3) is 0 Å². The van der Waals surface area contributed by atoms with Crippen molar-refractivity contribution in [1.82, 2.24) is 0 Å². The lowest BCUT2D eigenvalue weighted by molar-refractivity contribution is 0.372. The first-order valence-electron chi connectivity index (χ1n) is 5.64. The normalized spacial score (nSPS) is 25.9. The van der Waals surface area contributed by atoms with Crippen LogP contribution in [0.3, 0.4) is 0 Å². The molecule has 1 aliphatic carbocycles. The fourth-order valence-electron chi connectivity index (χ4n) is 2.75. The molecule has 2 atom stereocenters. The molecule has 0 radical (unpaired) electrons. The molecule has 1 heteroatoms. The standard InChI is InChI=1S/C13H19N/c1-2-12-11(9-14)8-7-10-5-3-4-6-13(10)12/h3-6,11-12H,2,7-9,14H2,1H3. The molecule has 0 amide bonds. The highest BCUT2D eigenvalue weighted by Crippen LogP contribution is 2.37. The Balaban J connectivity index is 2.34. The Morgan fingerprint density at radius 3 is 2.86 bits per heavy atom. The summed E-state index contributed by atoms with van der Waals surface area (Å²) in [6.07, 6.45) is 3.71. The minimum atomic E-state index is 0.699.